The van der Waals surface area contributed by atoms with E-state index in [1.807, 2.05) is 43.3 Å². The van der Waals surface area contributed by atoms with Gasteiger partial charge in [0.2, 0.25) is 5.43 Å². The van der Waals surface area contributed by atoms with Crippen LogP contribution < -0.4 is 10.7 Å². The van der Waals surface area contributed by atoms with Gasteiger partial charge in [-0.1, -0.05) is 45.0 Å². The molecule has 0 radical (unpaired) electrons. The lowest BCUT2D eigenvalue weighted by atomic mass is 9.87. The third-order valence-electron chi connectivity index (χ3n) is 5.17. The fraction of sp³-hybridized carbons (Fsp3) is 0.200. The summed E-state index contributed by atoms with van der Waals surface area (Å²) in [5, 5.41) is 3.95. The van der Waals surface area contributed by atoms with Gasteiger partial charge in [-0.25, -0.2) is 0 Å². The minimum Gasteiger partial charge on any atom is -0.455 e. The third kappa shape index (κ3) is 3.54. The van der Waals surface area contributed by atoms with E-state index < -0.39 is 0 Å². The van der Waals surface area contributed by atoms with Gasteiger partial charge in [0.05, 0.1) is 10.8 Å². The minimum atomic E-state index is -0.205. The van der Waals surface area contributed by atoms with Gasteiger partial charge in [0.1, 0.15) is 11.2 Å². The van der Waals surface area contributed by atoms with E-state index in [4.69, 9.17) is 4.42 Å². The van der Waals surface area contributed by atoms with E-state index >= 15 is 0 Å². The second kappa shape index (κ2) is 6.89. The molecule has 0 aliphatic heterocycles. The van der Waals surface area contributed by atoms with E-state index in [-0.39, 0.29) is 16.8 Å². The summed E-state index contributed by atoms with van der Waals surface area (Å²) in [5.41, 5.74) is 4.22. The topological polar surface area (TPSA) is 59.3 Å². The zero-order valence-electron chi connectivity index (χ0n) is 17.0. The zero-order chi connectivity index (χ0) is 20.8. The lowest BCUT2D eigenvalue weighted by Gasteiger charge is -2.19. The number of hydrogen-bond acceptors (Lipinski definition) is 3. The molecule has 0 unspecified atom stereocenters. The molecule has 1 aromatic heterocycles. The first kappa shape index (κ1) is 18.9. The molecule has 1 amide bonds. The van der Waals surface area contributed by atoms with Gasteiger partial charge in [-0.3, -0.25) is 9.59 Å². The second-order valence-corrected chi connectivity index (χ2v) is 8.38. The van der Waals surface area contributed by atoms with Crippen molar-refractivity contribution in [3.8, 4) is 0 Å². The van der Waals surface area contributed by atoms with Crippen molar-refractivity contribution in [1.82, 2.24) is 0 Å². The predicted molar refractivity (Wildman–Crippen MR) is 118 cm³/mol. The molecule has 4 rings (SSSR count). The first-order chi connectivity index (χ1) is 13.7. The van der Waals surface area contributed by atoms with Crippen molar-refractivity contribution >= 4 is 33.5 Å². The third-order valence-corrected chi connectivity index (χ3v) is 5.17. The summed E-state index contributed by atoms with van der Waals surface area (Å²) >= 11 is 0. The molecule has 146 valence electrons. The van der Waals surface area contributed by atoms with E-state index in [0.29, 0.717) is 33.2 Å². The number of rotatable bonds is 2. The number of aryl methyl sites for hydroxylation is 1. The highest BCUT2D eigenvalue weighted by atomic mass is 16.3. The van der Waals surface area contributed by atoms with Crippen LogP contribution in [0.15, 0.2) is 69.9 Å². The Bertz CT molecular complexity index is 1290. The minimum absolute atomic E-state index is 0.0335. The summed E-state index contributed by atoms with van der Waals surface area (Å²) in [7, 11) is 0. The number of benzene rings is 3. The molecule has 3 aromatic carbocycles. The first-order valence-corrected chi connectivity index (χ1v) is 9.62. The molecule has 0 saturated heterocycles. The number of para-hydroxylation sites is 1. The molecular formula is C25H23NO3. The Morgan fingerprint density at radius 2 is 1.66 bits per heavy atom. The lowest BCUT2D eigenvalue weighted by Crippen LogP contribution is -2.14. The van der Waals surface area contributed by atoms with Crippen molar-refractivity contribution in [1.29, 1.82) is 0 Å². The zero-order valence-corrected chi connectivity index (χ0v) is 17.0. The van der Waals surface area contributed by atoms with E-state index in [2.05, 4.69) is 26.1 Å². The molecule has 0 aliphatic carbocycles. The molecule has 4 nitrogen and oxygen atoms in total. The number of fused-ring (bicyclic) bond motifs is 2. The first-order valence-electron chi connectivity index (χ1n) is 9.62. The Morgan fingerprint density at radius 1 is 0.931 bits per heavy atom. The average Bonchev–Trinajstić information content (AvgIpc) is 2.68. The molecule has 0 bridgehead atoms. The van der Waals surface area contributed by atoms with Gasteiger partial charge < -0.3 is 9.73 Å². The Morgan fingerprint density at radius 3 is 2.34 bits per heavy atom. The maximum Gasteiger partial charge on any atom is 0.255 e. The Labute approximate surface area is 169 Å². The summed E-state index contributed by atoms with van der Waals surface area (Å²) in [6.45, 7) is 8.31. The molecule has 0 saturated carbocycles. The molecule has 0 atom stereocenters. The standard InChI is InChI=1S/C25H23NO3/c1-15-6-5-7-20-22(27)19-13-12-18(14-21(19)29-23(15)20)26-24(28)16-8-10-17(11-9-16)25(2,3)4/h5-14H,1-4H3,(H,26,28). The molecule has 1 N–H and O–H groups in total. The SMILES string of the molecule is Cc1cccc2c(=O)c3ccc(NC(=O)c4ccc(C(C)(C)C)cc4)cc3oc12. The van der Waals surface area contributed by atoms with Crippen molar-refractivity contribution in [3.05, 3.63) is 87.6 Å². The van der Waals surface area contributed by atoms with Crippen LogP contribution in [0, 0.1) is 6.92 Å². The van der Waals surface area contributed by atoms with Crippen LogP contribution in [0.25, 0.3) is 21.9 Å². The van der Waals surface area contributed by atoms with Gasteiger partial charge in [-0.05, 0) is 53.8 Å². The number of carbonyl (C=O) groups excluding carboxylic acids is 1. The lowest BCUT2D eigenvalue weighted by molar-refractivity contribution is 0.102. The fourth-order valence-corrected chi connectivity index (χ4v) is 3.42. The second-order valence-electron chi connectivity index (χ2n) is 8.38. The normalized spacial score (nSPS) is 11.7. The van der Waals surface area contributed by atoms with Crippen molar-refractivity contribution in [2.75, 3.05) is 5.32 Å². The molecule has 0 fully saturated rings. The smallest absolute Gasteiger partial charge is 0.255 e. The molecule has 1 heterocycles. The number of nitrogens with one attached hydrogen (secondary N) is 1. The van der Waals surface area contributed by atoms with Gasteiger partial charge in [0, 0.05) is 17.3 Å². The summed E-state index contributed by atoms with van der Waals surface area (Å²) in [5.74, 6) is -0.205. The summed E-state index contributed by atoms with van der Waals surface area (Å²) < 4.78 is 5.99. The van der Waals surface area contributed by atoms with E-state index in [1.165, 1.54) is 5.56 Å². The Balaban J connectivity index is 1.68. The predicted octanol–water partition coefficient (Wildman–Crippen LogP) is 5.80. The van der Waals surface area contributed by atoms with Crippen LogP contribution in [0.5, 0.6) is 0 Å². The molecule has 4 aromatic rings. The van der Waals surface area contributed by atoms with Crippen molar-refractivity contribution < 1.29 is 9.21 Å². The molecule has 4 heteroatoms. The maximum absolute atomic E-state index is 12.8. The monoisotopic (exact) mass is 385 g/mol. The average molecular weight is 385 g/mol. The largest absolute Gasteiger partial charge is 0.455 e. The van der Waals surface area contributed by atoms with Crippen LogP contribution in [0.1, 0.15) is 42.3 Å². The van der Waals surface area contributed by atoms with Crippen LogP contribution in [0.2, 0.25) is 0 Å². The number of carbonyl (C=O) groups is 1. The maximum atomic E-state index is 12.8. The van der Waals surface area contributed by atoms with Crippen LogP contribution in [-0.4, -0.2) is 5.91 Å². The van der Waals surface area contributed by atoms with Crippen LogP contribution in [0.4, 0.5) is 5.69 Å². The van der Waals surface area contributed by atoms with Crippen molar-refractivity contribution in [3.63, 3.8) is 0 Å². The van der Waals surface area contributed by atoms with Crippen LogP contribution in [0.3, 0.4) is 0 Å². The summed E-state index contributed by atoms with van der Waals surface area (Å²) in [4.78, 5) is 25.4. The van der Waals surface area contributed by atoms with Gasteiger partial charge in [0.25, 0.3) is 5.91 Å². The van der Waals surface area contributed by atoms with E-state index in [1.54, 1.807) is 24.3 Å². The van der Waals surface area contributed by atoms with Gasteiger partial charge in [0.15, 0.2) is 0 Å². The summed E-state index contributed by atoms with van der Waals surface area (Å²) in [6.07, 6.45) is 0. The van der Waals surface area contributed by atoms with Crippen molar-refractivity contribution in [2.45, 2.75) is 33.1 Å². The highest BCUT2D eigenvalue weighted by molar-refractivity contribution is 6.05. The molecule has 0 spiro atoms. The molecular weight excluding hydrogens is 362 g/mol. The summed E-state index contributed by atoms with van der Waals surface area (Å²) in [6, 6.07) is 18.2. The van der Waals surface area contributed by atoms with Crippen molar-refractivity contribution in [2.24, 2.45) is 0 Å². The molecule has 0 aliphatic rings. The highest BCUT2D eigenvalue weighted by Gasteiger charge is 2.15. The quantitative estimate of drug-likeness (QED) is 0.443. The molecule has 29 heavy (non-hydrogen) atoms. The van der Waals surface area contributed by atoms with Crippen LogP contribution >= 0.6 is 0 Å². The fourth-order valence-electron chi connectivity index (χ4n) is 3.42. The highest BCUT2D eigenvalue weighted by Crippen LogP contribution is 2.25. The van der Waals surface area contributed by atoms with E-state index in [0.717, 1.165) is 5.56 Å². The number of anilines is 1. The van der Waals surface area contributed by atoms with Crippen LogP contribution in [-0.2, 0) is 5.41 Å². The Kier molecular flexibility index (Phi) is 4.50. The Hall–Kier alpha value is -3.40. The van der Waals surface area contributed by atoms with Gasteiger partial charge in [-0.2, -0.15) is 0 Å². The number of amides is 1. The van der Waals surface area contributed by atoms with Gasteiger partial charge in [-0.15, -0.1) is 0 Å². The number of hydrogen-bond donors (Lipinski definition) is 1. The van der Waals surface area contributed by atoms with Gasteiger partial charge >= 0.3 is 0 Å². The van der Waals surface area contributed by atoms with E-state index in [9.17, 15) is 9.59 Å².